The fourth-order valence-corrected chi connectivity index (χ4v) is 11.6. The minimum absolute atomic E-state index is 0.0188. The summed E-state index contributed by atoms with van der Waals surface area (Å²) in [4.78, 5) is 40.5. The molecule has 7 heterocycles. The molecule has 81 heavy (non-hydrogen) atoms. The molecular weight excluding hydrogens is 1090 g/mol. The average Bonchev–Trinajstić information content (AvgIpc) is 4.43. The molecule has 2 saturated heterocycles. The highest BCUT2D eigenvalue weighted by atomic mass is 35.5. The zero-order valence-electron chi connectivity index (χ0n) is 47.0. The number of phenols is 2. The van der Waals surface area contributed by atoms with E-state index in [1.807, 2.05) is 34.8 Å². The zero-order chi connectivity index (χ0) is 57.6. The molecule has 10 rings (SSSR count). The van der Waals surface area contributed by atoms with Crippen LogP contribution in [0.1, 0.15) is 120 Å². The molecule has 3 aromatic carbocycles. The molecule has 2 aliphatic rings. The number of carbonyl (C=O) groups excluding carboxylic acids is 1. The van der Waals surface area contributed by atoms with Gasteiger partial charge < -0.3 is 56.1 Å². The molecule has 21 heteroatoms. The largest absolute Gasteiger partial charge is 0.507 e. The first-order valence-corrected chi connectivity index (χ1v) is 29.9. The second-order valence-electron chi connectivity index (χ2n) is 21.9. The number of aromatic hydroxyl groups is 2. The molecule has 1 amide bonds. The van der Waals surface area contributed by atoms with Crippen molar-refractivity contribution in [2.75, 3.05) is 62.3 Å². The quantitative estimate of drug-likeness (QED) is 0.0294. The van der Waals surface area contributed by atoms with Crippen LogP contribution in [-0.4, -0.2) is 103 Å². The van der Waals surface area contributed by atoms with Crippen LogP contribution in [0.2, 0.25) is 5.02 Å². The van der Waals surface area contributed by atoms with Crippen LogP contribution in [0.3, 0.4) is 0 Å². The Hall–Kier alpha value is -6.52. The second kappa shape index (κ2) is 28.5. The number of fused-ring (bicyclic) bond motifs is 2. The van der Waals surface area contributed by atoms with Crippen LogP contribution in [0.4, 0.5) is 16.8 Å². The van der Waals surface area contributed by atoms with Crippen LogP contribution < -0.4 is 32.4 Å². The fourth-order valence-electron chi connectivity index (χ4n) is 9.66. The van der Waals surface area contributed by atoms with E-state index in [0.717, 1.165) is 104 Å². The van der Waals surface area contributed by atoms with Crippen molar-refractivity contribution in [1.29, 1.82) is 0 Å². The number of rotatable bonds is 18. The lowest BCUT2D eigenvalue weighted by Crippen LogP contribution is -2.40. The van der Waals surface area contributed by atoms with E-state index < -0.39 is 17.5 Å². The number of amides is 1. The highest BCUT2D eigenvalue weighted by Crippen LogP contribution is 2.43. The molecule has 2 atom stereocenters. The number of thioether (sulfide) groups is 1. The number of anilines is 3. The maximum atomic E-state index is 12.8. The predicted molar refractivity (Wildman–Crippen MR) is 325 cm³/mol. The summed E-state index contributed by atoms with van der Waals surface area (Å²) in [7, 11) is 1.91. The van der Waals surface area contributed by atoms with Crippen molar-refractivity contribution >= 4 is 74.0 Å². The topological polar surface area (TPSA) is 254 Å². The summed E-state index contributed by atoms with van der Waals surface area (Å²) in [6, 6.07) is 21.8. The minimum Gasteiger partial charge on any atom is -0.507 e. The number of halogens is 1. The summed E-state index contributed by atoms with van der Waals surface area (Å²) in [5.41, 5.74) is 9.33. The maximum absolute atomic E-state index is 12.8. The number of hydrogen-bond acceptors (Lipinski definition) is 18. The minimum atomic E-state index is -0.744. The number of phenolic OH excluding ortho intramolecular Hbond substituents is 2. The number of hydrogen-bond donors (Lipinski definition) is 8. The normalized spacial score (nSPS) is 16.0. The van der Waals surface area contributed by atoms with Crippen molar-refractivity contribution in [2.45, 2.75) is 119 Å². The maximum Gasteiger partial charge on any atom is 0.229 e. The second-order valence-corrected chi connectivity index (χ2v) is 24.6. The number of likely N-dealkylation sites (N-methyl/N-ethyl adjacent to an activating group) is 1. The predicted octanol–water partition coefficient (Wildman–Crippen LogP) is 11.4. The van der Waals surface area contributed by atoms with Crippen LogP contribution in [0.25, 0.3) is 27.9 Å². The van der Waals surface area contributed by atoms with Gasteiger partial charge in [0.25, 0.3) is 0 Å². The Bertz CT molecular complexity index is 3390. The monoisotopic (exact) mass is 1160 g/mol. The lowest BCUT2D eigenvalue weighted by Gasteiger charge is -2.34. The van der Waals surface area contributed by atoms with Gasteiger partial charge in [0.1, 0.15) is 45.6 Å². The van der Waals surface area contributed by atoms with E-state index in [2.05, 4.69) is 95.2 Å². The lowest BCUT2D eigenvalue weighted by molar-refractivity contribution is -0.120. The third-order valence-corrected chi connectivity index (χ3v) is 16.6. The molecule has 432 valence electrons. The number of aromatic nitrogens is 5. The van der Waals surface area contributed by atoms with Crippen LogP contribution >= 0.6 is 34.7 Å². The Labute approximate surface area is 486 Å². The number of oxazole rings is 1. The van der Waals surface area contributed by atoms with E-state index in [9.17, 15) is 24.9 Å². The first-order chi connectivity index (χ1) is 39.0. The van der Waals surface area contributed by atoms with Gasteiger partial charge in [0.05, 0.1) is 39.7 Å². The number of aliphatic hydroxyl groups excluding tert-OH is 1. The number of nitrogens with two attached hydrogens (primary N) is 1. The van der Waals surface area contributed by atoms with Gasteiger partial charge in [0.2, 0.25) is 11.8 Å². The van der Waals surface area contributed by atoms with Crippen LogP contribution in [0.5, 0.6) is 11.5 Å². The van der Waals surface area contributed by atoms with Crippen molar-refractivity contribution in [2.24, 2.45) is 11.7 Å². The van der Waals surface area contributed by atoms with Gasteiger partial charge in [-0.2, -0.15) is 9.61 Å². The van der Waals surface area contributed by atoms with Crippen LogP contribution in [0, 0.1) is 5.92 Å². The number of aliphatic hydroxyl groups is 1. The Balaban J connectivity index is 0.000000160. The Morgan fingerprint density at radius 1 is 0.938 bits per heavy atom. The Kier molecular flexibility index (Phi) is 21.3. The number of nitrogens with zero attached hydrogens (tertiary/aromatic N) is 6. The summed E-state index contributed by atoms with van der Waals surface area (Å²) in [5.74, 6) is 3.87. The van der Waals surface area contributed by atoms with Crippen LogP contribution in [-0.2, 0) is 22.5 Å². The van der Waals surface area contributed by atoms with Crippen molar-refractivity contribution in [3.05, 3.63) is 135 Å². The fraction of sp³-hybridized carbons (Fsp3) is 0.433. The summed E-state index contributed by atoms with van der Waals surface area (Å²) < 4.78 is 14.7. The first-order valence-electron chi connectivity index (χ1n) is 27.8. The number of carbonyl (C=O) groups is 1. The van der Waals surface area contributed by atoms with E-state index in [0.29, 0.717) is 51.8 Å². The number of β-amino-alcohol motifs (C(OH)–C–C–N with tert-alkyl or cyclic N) is 1. The van der Waals surface area contributed by atoms with Gasteiger partial charge in [0, 0.05) is 71.8 Å². The first kappa shape index (κ1) is 60.6. The van der Waals surface area contributed by atoms with Crippen molar-refractivity contribution < 1.29 is 28.9 Å². The number of benzene rings is 3. The molecule has 5 aromatic heterocycles. The summed E-state index contributed by atoms with van der Waals surface area (Å²) >= 11 is 9.36. The van der Waals surface area contributed by atoms with Gasteiger partial charge in [0.15, 0.2) is 16.2 Å². The number of likely N-dealkylation sites (tertiary alicyclic amines) is 1. The number of unbranched alkanes of at least 4 members (excludes halogenated alkanes) is 3. The molecule has 8 aromatic rings. The molecule has 0 spiro atoms. The third-order valence-electron chi connectivity index (χ3n) is 14.2. The van der Waals surface area contributed by atoms with Crippen LogP contribution in [0.15, 0.2) is 109 Å². The van der Waals surface area contributed by atoms with Gasteiger partial charge >= 0.3 is 0 Å². The van der Waals surface area contributed by atoms with E-state index in [4.69, 9.17) is 31.2 Å². The van der Waals surface area contributed by atoms with Gasteiger partial charge in [-0.1, -0.05) is 113 Å². The molecule has 18 nitrogen and oxygen atoms in total. The molecule has 9 N–H and O–H groups in total. The summed E-state index contributed by atoms with van der Waals surface area (Å²) in [6.45, 7) is 16.1. The number of nitrogens with one attached hydrogen (secondary N) is 4. The Morgan fingerprint density at radius 2 is 1.69 bits per heavy atom. The van der Waals surface area contributed by atoms with Gasteiger partial charge in [-0.15, -0.1) is 11.8 Å². The lowest BCUT2D eigenvalue weighted by atomic mass is 9.85. The molecule has 0 aliphatic carbocycles. The summed E-state index contributed by atoms with van der Waals surface area (Å²) in [6.07, 6.45) is 11.7. The SMILES string of the molecule is CC(C)(C)c1cnc(CSc2cnc(NC(=O)C3CCNCC3)s2)o1.CC(C)c1cnn2c(NCc3ccccc3)cc(NCCCCCCN)nc12.CN1CCC(c2c(O)cc(O)c3c(=O)cc(-c4ccccc4Cl)oc23)[C@H](O)C1. The van der Waals surface area contributed by atoms with E-state index in [1.165, 1.54) is 35.8 Å². The Morgan fingerprint density at radius 3 is 2.41 bits per heavy atom. The number of piperidine rings is 2. The van der Waals surface area contributed by atoms with Crippen molar-refractivity contribution in [1.82, 2.24) is 34.8 Å². The molecule has 2 fully saturated rings. The standard InChI is InChI=1S/C22H32N6.C21H20ClNO5.C17H24N4O2S2/c1-17(2)19-16-26-28-21(25-15-18-10-6-5-7-11-18)14-20(27-22(19)28)24-13-9-4-3-8-12-23;1-23-7-6-12(17(27)10-23)19-14(24)8-15(25)20-16(26)9-18(28-21(19)20)11-4-2-3-5-13(11)22;1-17(2,3)12-8-19-13(23-12)10-24-14-9-20-16(25-14)21-15(22)11-4-6-18-7-5-11/h5-7,10-11,14,16-17,25H,3-4,8-9,12-13,15,23H2,1-2H3,(H,24,27);2-5,8-9,12,17,24-25,27H,6-7,10H2,1H3;8-9,11,18H,4-7,10H2,1-3H3,(H,20,21,22)/t;12?,17-;/m.1./s1. The average molecular weight is 1160 g/mol. The van der Waals surface area contributed by atoms with Gasteiger partial charge in [-0.05, 0) is 88.9 Å². The molecule has 0 saturated carbocycles. The highest BCUT2D eigenvalue weighted by molar-refractivity contribution is 8.00. The summed E-state index contributed by atoms with van der Waals surface area (Å²) in [5, 5.41) is 50.3. The molecule has 2 aliphatic heterocycles. The molecule has 1 unspecified atom stereocenters. The number of thiazole rings is 1. The molecule has 0 bridgehead atoms. The zero-order valence-corrected chi connectivity index (χ0v) is 49.4. The van der Waals surface area contributed by atoms with E-state index in [1.54, 1.807) is 48.4 Å². The van der Waals surface area contributed by atoms with Gasteiger partial charge in [-0.3, -0.25) is 9.59 Å². The van der Waals surface area contributed by atoms with Gasteiger partial charge in [-0.25, -0.2) is 15.0 Å². The molecular formula is C60H76ClN11O7S2. The molecule has 0 radical (unpaired) electrons. The van der Waals surface area contributed by atoms with E-state index in [-0.39, 0.29) is 45.5 Å². The van der Waals surface area contributed by atoms with Crippen molar-refractivity contribution in [3.63, 3.8) is 0 Å². The smallest absolute Gasteiger partial charge is 0.229 e. The highest BCUT2D eigenvalue weighted by Gasteiger charge is 2.33. The third kappa shape index (κ3) is 16.1. The van der Waals surface area contributed by atoms with E-state index >= 15 is 0 Å². The van der Waals surface area contributed by atoms with Crippen molar-refractivity contribution in [3.8, 4) is 22.8 Å².